The van der Waals surface area contributed by atoms with E-state index < -0.39 is 0 Å². The van der Waals surface area contributed by atoms with E-state index in [9.17, 15) is 4.79 Å². The van der Waals surface area contributed by atoms with Crippen LogP contribution in [-0.4, -0.2) is 43.7 Å². The maximum Gasteiger partial charge on any atom is 0.254 e. The van der Waals surface area contributed by atoms with Crippen molar-refractivity contribution in [3.63, 3.8) is 0 Å². The number of morpholine rings is 1. The molecule has 1 unspecified atom stereocenters. The van der Waals surface area contributed by atoms with Gasteiger partial charge in [-0.1, -0.05) is 6.07 Å². The fourth-order valence-electron chi connectivity index (χ4n) is 2.46. The fraction of sp³-hybridized carbons (Fsp3) is 0.400. The minimum atomic E-state index is -0.0986. The van der Waals surface area contributed by atoms with Crippen molar-refractivity contribution in [1.82, 2.24) is 10.2 Å². The molecule has 1 N–H and O–H groups in total. The number of nitrogens with one attached hydrogen (secondary N) is 1. The lowest BCUT2D eigenvalue weighted by atomic mass is 10.2. The van der Waals surface area contributed by atoms with E-state index in [-0.39, 0.29) is 11.9 Å². The van der Waals surface area contributed by atoms with Crippen molar-refractivity contribution in [3.8, 4) is 0 Å². The molecule has 0 bridgehead atoms. The van der Waals surface area contributed by atoms with Crippen LogP contribution in [0.25, 0.3) is 0 Å². The first-order valence-corrected chi connectivity index (χ1v) is 7.88. The fourth-order valence-corrected chi connectivity index (χ4v) is 3.33. The molecule has 2 aromatic rings. The van der Waals surface area contributed by atoms with Crippen LogP contribution < -0.4 is 5.32 Å². The van der Waals surface area contributed by atoms with Gasteiger partial charge in [0.2, 0.25) is 0 Å². The molecule has 1 fully saturated rings. The van der Waals surface area contributed by atoms with Crippen molar-refractivity contribution in [2.75, 3.05) is 32.8 Å². The number of amides is 1. The van der Waals surface area contributed by atoms with Crippen molar-refractivity contribution in [2.24, 2.45) is 0 Å². The Kier molecular flexibility index (Phi) is 4.69. The highest BCUT2D eigenvalue weighted by Crippen LogP contribution is 2.25. The van der Waals surface area contributed by atoms with Crippen LogP contribution in [0.1, 0.15) is 21.3 Å². The first-order chi connectivity index (χ1) is 10.3. The van der Waals surface area contributed by atoms with Gasteiger partial charge in [-0.15, -0.1) is 11.3 Å². The Labute approximate surface area is 127 Å². The van der Waals surface area contributed by atoms with Crippen LogP contribution >= 0.6 is 11.3 Å². The Morgan fingerprint density at radius 1 is 1.38 bits per heavy atom. The first kappa shape index (κ1) is 14.3. The van der Waals surface area contributed by atoms with Gasteiger partial charge in [-0.05, 0) is 17.5 Å². The Morgan fingerprint density at radius 3 is 2.90 bits per heavy atom. The van der Waals surface area contributed by atoms with Crippen molar-refractivity contribution in [2.45, 2.75) is 6.04 Å². The van der Waals surface area contributed by atoms with Gasteiger partial charge in [-0.2, -0.15) is 0 Å². The van der Waals surface area contributed by atoms with Gasteiger partial charge in [0.25, 0.3) is 5.91 Å². The molecule has 0 spiro atoms. The number of nitrogens with zero attached hydrogens (tertiary/aromatic N) is 1. The van der Waals surface area contributed by atoms with Crippen molar-refractivity contribution in [1.29, 1.82) is 0 Å². The van der Waals surface area contributed by atoms with Gasteiger partial charge >= 0.3 is 0 Å². The molecule has 0 aromatic carbocycles. The normalized spacial score (nSPS) is 17.5. The summed E-state index contributed by atoms with van der Waals surface area (Å²) in [5.41, 5.74) is 0.557. The van der Waals surface area contributed by atoms with Crippen LogP contribution in [0.15, 0.2) is 40.5 Å². The van der Waals surface area contributed by atoms with Crippen LogP contribution in [0, 0.1) is 0 Å². The number of rotatable bonds is 5. The molecule has 1 atom stereocenters. The number of thiophene rings is 1. The molecule has 3 heterocycles. The SMILES string of the molecule is O=C(NCC(c1cccs1)N1CCOCC1)c1ccoc1. The van der Waals surface area contributed by atoms with E-state index in [4.69, 9.17) is 9.15 Å². The number of ether oxygens (including phenoxy) is 1. The van der Waals surface area contributed by atoms with Crippen molar-refractivity contribution < 1.29 is 13.9 Å². The van der Waals surface area contributed by atoms with Gasteiger partial charge < -0.3 is 14.5 Å². The largest absolute Gasteiger partial charge is 0.472 e. The Hall–Kier alpha value is -1.63. The second kappa shape index (κ2) is 6.89. The third-order valence-electron chi connectivity index (χ3n) is 3.60. The van der Waals surface area contributed by atoms with Crippen LogP contribution in [-0.2, 0) is 4.74 Å². The zero-order valence-corrected chi connectivity index (χ0v) is 12.5. The van der Waals surface area contributed by atoms with Gasteiger partial charge in [-0.3, -0.25) is 9.69 Å². The zero-order chi connectivity index (χ0) is 14.5. The van der Waals surface area contributed by atoms with Crippen molar-refractivity contribution in [3.05, 3.63) is 46.5 Å². The molecule has 2 aromatic heterocycles. The van der Waals surface area contributed by atoms with Gasteiger partial charge in [0, 0.05) is 24.5 Å². The maximum atomic E-state index is 12.1. The summed E-state index contributed by atoms with van der Waals surface area (Å²) >= 11 is 1.72. The topological polar surface area (TPSA) is 54.7 Å². The molecule has 1 saturated heterocycles. The van der Waals surface area contributed by atoms with Gasteiger partial charge in [0.15, 0.2) is 0 Å². The molecule has 1 aliphatic heterocycles. The minimum absolute atomic E-state index is 0.0986. The number of hydrogen-bond donors (Lipinski definition) is 1. The van der Waals surface area contributed by atoms with Crippen LogP contribution in [0.3, 0.4) is 0 Å². The molecule has 3 rings (SSSR count). The van der Waals surface area contributed by atoms with E-state index in [1.165, 1.54) is 17.4 Å². The number of carbonyl (C=O) groups excluding carboxylic acids is 1. The summed E-state index contributed by atoms with van der Waals surface area (Å²) in [6, 6.07) is 6.04. The monoisotopic (exact) mass is 306 g/mol. The average Bonchev–Trinajstić information content (AvgIpc) is 3.22. The summed E-state index contributed by atoms with van der Waals surface area (Å²) in [6.45, 7) is 3.87. The highest BCUT2D eigenvalue weighted by Gasteiger charge is 2.24. The van der Waals surface area contributed by atoms with E-state index in [1.54, 1.807) is 17.4 Å². The molecular formula is C15H18N2O3S. The lowest BCUT2D eigenvalue weighted by Crippen LogP contribution is -2.43. The van der Waals surface area contributed by atoms with E-state index in [0.717, 1.165) is 26.3 Å². The van der Waals surface area contributed by atoms with Crippen LogP contribution in [0.5, 0.6) is 0 Å². The quantitative estimate of drug-likeness (QED) is 0.919. The highest BCUT2D eigenvalue weighted by molar-refractivity contribution is 7.10. The molecule has 1 amide bonds. The van der Waals surface area contributed by atoms with E-state index in [0.29, 0.717) is 12.1 Å². The number of carbonyl (C=O) groups is 1. The molecule has 1 aliphatic rings. The average molecular weight is 306 g/mol. The zero-order valence-electron chi connectivity index (χ0n) is 11.7. The molecule has 5 nitrogen and oxygen atoms in total. The molecular weight excluding hydrogens is 288 g/mol. The number of hydrogen-bond acceptors (Lipinski definition) is 5. The first-order valence-electron chi connectivity index (χ1n) is 7.00. The smallest absolute Gasteiger partial charge is 0.254 e. The second-order valence-corrected chi connectivity index (χ2v) is 5.88. The van der Waals surface area contributed by atoms with Gasteiger partial charge in [0.1, 0.15) is 6.26 Å². The van der Waals surface area contributed by atoms with Gasteiger partial charge in [0.05, 0.1) is 31.1 Å². The summed E-state index contributed by atoms with van der Waals surface area (Å²) in [4.78, 5) is 15.7. The Bertz CT molecular complexity index is 548. The van der Waals surface area contributed by atoms with Crippen LogP contribution in [0.2, 0.25) is 0 Å². The molecule has 0 saturated carbocycles. The number of furan rings is 1. The lowest BCUT2D eigenvalue weighted by molar-refractivity contribution is 0.0169. The third-order valence-corrected chi connectivity index (χ3v) is 4.57. The molecule has 21 heavy (non-hydrogen) atoms. The maximum absolute atomic E-state index is 12.1. The summed E-state index contributed by atoms with van der Waals surface area (Å²) in [5, 5.41) is 5.07. The van der Waals surface area contributed by atoms with Crippen molar-refractivity contribution >= 4 is 17.2 Å². The summed E-state index contributed by atoms with van der Waals surface area (Å²) in [6.07, 6.45) is 2.97. The Balaban J connectivity index is 1.66. The molecule has 0 aliphatic carbocycles. The summed E-state index contributed by atoms with van der Waals surface area (Å²) in [7, 11) is 0. The second-order valence-electron chi connectivity index (χ2n) is 4.90. The molecule has 0 radical (unpaired) electrons. The third kappa shape index (κ3) is 3.53. The lowest BCUT2D eigenvalue weighted by Gasteiger charge is -2.34. The standard InChI is InChI=1S/C15H18N2O3S/c18-15(12-3-6-20-11-12)16-10-13(14-2-1-9-21-14)17-4-7-19-8-5-17/h1-3,6,9,11,13H,4-5,7-8,10H2,(H,16,18). The van der Waals surface area contributed by atoms with E-state index in [1.807, 2.05) is 6.07 Å². The molecule has 6 heteroatoms. The predicted molar refractivity (Wildman–Crippen MR) is 80.5 cm³/mol. The minimum Gasteiger partial charge on any atom is -0.472 e. The Morgan fingerprint density at radius 2 is 2.24 bits per heavy atom. The predicted octanol–water partition coefficient (Wildman–Crippen LogP) is 2.14. The molecule has 112 valence electrons. The summed E-state index contributed by atoms with van der Waals surface area (Å²) < 4.78 is 10.4. The van der Waals surface area contributed by atoms with Gasteiger partial charge in [-0.25, -0.2) is 0 Å². The highest BCUT2D eigenvalue weighted by atomic mass is 32.1. The summed E-state index contributed by atoms with van der Waals surface area (Å²) in [5.74, 6) is -0.0986. The van der Waals surface area contributed by atoms with E-state index in [2.05, 4.69) is 21.7 Å². The van der Waals surface area contributed by atoms with E-state index >= 15 is 0 Å². The van der Waals surface area contributed by atoms with Crippen LogP contribution in [0.4, 0.5) is 0 Å².